The summed E-state index contributed by atoms with van der Waals surface area (Å²) in [6.45, 7) is 6.94. The van der Waals surface area contributed by atoms with Gasteiger partial charge in [0.1, 0.15) is 6.10 Å². The van der Waals surface area contributed by atoms with Crippen LogP contribution in [0.4, 0.5) is 13.2 Å². The van der Waals surface area contributed by atoms with Gasteiger partial charge in [-0.05, 0) is 25.2 Å². The monoisotopic (exact) mass is 304 g/mol. The molecule has 1 fully saturated rings. The van der Waals surface area contributed by atoms with Crippen LogP contribution in [0, 0.1) is 11.8 Å². The summed E-state index contributed by atoms with van der Waals surface area (Å²) in [5.74, 6) is -0.416. The molecule has 1 aliphatic rings. The third kappa shape index (κ3) is 3.41. The molecule has 4 nitrogen and oxygen atoms in total. The average molecular weight is 304 g/mol. The first kappa shape index (κ1) is 16.7. The molecule has 1 rings (SSSR count). The highest BCUT2D eigenvalue weighted by molar-refractivity contribution is 7.87. The number of ether oxygens (including phenoxy) is 1. The smallest absolute Gasteiger partial charge is 0.372 e. The Bertz CT molecular complexity index is 407. The van der Waals surface area contributed by atoms with E-state index in [9.17, 15) is 21.6 Å². The SMILES string of the molecule is CCC1OC(C)C(OS(=O)(=O)C(F)(F)F)C(C)C1C. The number of alkyl halides is 3. The molecule has 0 aromatic rings. The van der Waals surface area contributed by atoms with Crippen molar-refractivity contribution in [3.8, 4) is 0 Å². The molecular weight excluding hydrogens is 285 g/mol. The number of halogens is 3. The summed E-state index contributed by atoms with van der Waals surface area (Å²) in [6, 6.07) is 0. The molecule has 19 heavy (non-hydrogen) atoms. The van der Waals surface area contributed by atoms with Gasteiger partial charge < -0.3 is 4.74 Å². The maximum atomic E-state index is 12.3. The molecular formula is C11H19F3O4S. The zero-order chi connectivity index (χ0) is 15.0. The van der Waals surface area contributed by atoms with Crippen LogP contribution in [0.1, 0.15) is 34.1 Å². The first-order chi connectivity index (χ1) is 8.51. The molecule has 5 unspecified atom stereocenters. The van der Waals surface area contributed by atoms with Crippen molar-refractivity contribution in [3.05, 3.63) is 0 Å². The van der Waals surface area contributed by atoms with Crippen LogP contribution in [0.2, 0.25) is 0 Å². The van der Waals surface area contributed by atoms with Crippen molar-refractivity contribution in [3.63, 3.8) is 0 Å². The normalized spacial score (nSPS) is 37.3. The van der Waals surface area contributed by atoms with Gasteiger partial charge in [-0.2, -0.15) is 21.6 Å². The van der Waals surface area contributed by atoms with Gasteiger partial charge >= 0.3 is 15.6 Å². The zero-order valence-electron chi connectivity index (χ0n) is 11.3. The van der Waals surface area contributed by atoms with Crippen LogP contribution in [0.3, 0.4) is 0 Å². The Kier molecular flexibility index (Phi) is 4.90. The van der Waals surface area contributed by atoms with Crippen molar-refractivity contribution < 1.29 is 30.5 Å². The molecule has 0 amide bonds. The van der Waals surface area contributed by atoms with Gasteiger partial charge in [0.15, 0.2) is 0 Å². The van der Waals surface area contributed by atoms with E-state index in [2.05, 4.69) is 4.18 Å². The molecule has 114 valence electrons. The minimum Gasteiger partial charge on any atom is -0.372 e. The fourth-order valence-corrected chi connectivity index (χ4v) is 3.11. The number of hydrogen-bond acceptors (Lipinski definition) is 4. The van der Waals surface area contributed by atoms with E-state index >= 15 is 0 Å². The highest BCUT2D eigenvalue weighted by atomic mass is 32.2. The minimum atomic E-state index is -5.59. The molecule has 0 bridgehead atoms. The quantitative estimate of drug-likeness (QED) is 0.594. The van der Waals surface area contributed by atoms with Crippen LogP contribution in [0.25, 0.3) is 0 Å². The summed E-state index contributed by atoms with van der Waals surface area (Å²) in [5, 5.41) is 0. The molecule has 0 N–H and O–H groups in total. The molecule has 8 heteroatoms. The van der Waals surface area contributed by atoms with Crippen molar-refractivity contribution >= 4 is 10.1 Å². The molecule has 0 aliphatic carbocycles. The predicted molar refractivity (Wildman–Crippen MR) is 62.8 cm³/mol. The van der Waals surface area contributed by atoms with E-state index in [-0.39, 0.29) is 17.9 Å². The van der Waals surface area contributed by atoms with E-state index in [1.165, 1.54) is 6.92 Å². The maximum Gasteiger partial charge on any atom is 0.523 e. The van der Waals surface area contributed by atoms with Gasteiger partial charge in [0.2, 0.25) is 0 Å². The number of rotatable bonds is 3. The molecule has 0 saturated carbocycles. The van der Waals surface area contributed by atoms with Crippen LogP contribution >= 0.6 is 0 Å². The lowest BCUT2D eigenvalue weighted by molar-refractivity contribution is -0.156. The molecule has 0 aromatic carbocycles. The van der Waals surface area contributed by atoms with Gasteiger partial charge in [0.05, 0.1) is 12.2 Å². The van der Waals surface area contributed by atoms with Crippen molar-refractivity contribution in [1.82, 2.24) is 0 Å². The Labute approximate surface area is 111 Å². The molecule has 1 aliphatic heterocycles. The van der Waals surface area contributed by atoms with Crippen molar-refractivity contribution in [1.29, 1.82) is 0 Å². The summed E-state index contributed by atoms with van der Waals surface area (Å²) in [7, 11) is -5.59. The fourth-order valence-electron chi connectivity index (χ4n) is 2.38. The largest absolute Gasteiger partial charge is 0.523 e. The van der Waals surface area contributed by atoms with Crippen molar-refractivity contribution in [2.75, 3.05) is 0 Å². The maximum absolute atomic E-state index is 12.3. The molecule has 5 atom stereocenters. The van der Waals surface area contributed by atoms with Crippen LogP contribution in [0.5, 0.6) is 0 Å². The van der Waals surface area contributed by atoms with Gasteiger partial charge in [-0.3, -0.25) is 4.18 Å². The van der Waals surface area contributed by atoms with E-state index < -0.39 is 27.8 Å². The third-order valence-corrected chi connectivity index (χ3v) is 4.75. The topological polar surface area (TPSA) is 52.6 Å². The Morgan fingerprint density at radius 3 is 2.11 bits per heavy atom. The van der Waals surface area contributed by atoms with Crippen LogP contribution in [-0.2, 0) is 19.0 Å². The van der Waals surface area contributed by atoms with Crippen LogP contribution in [-0.4, -0.2) is 32.2 Å². The second kappa shape index (κ2) is 5.57. The van der Waals surface area contributed by atoms with Gasteiger partial charge in [0, 0.05) is 0 Å². The summed E-state index contributed by atoms with van der Waals surface area (Å²) < 4.78 is 69.0. The minimum absolute atomic E-state index is 0.0744. The fraction of sp³-hybridized carbons (Fsp3) is 1.00. The lowest BCUT2D eigenvalue weighted by Crippen LogP contribution is -2.50. The predicted octanol–water partition coefficient (Wildman–Crippen LogP) is 2.69. The number of hydrogen-bond donors (Lipinski definition) is 0. The van der Waals surface area contributed by atoms with Gasteiger partial charge in [-0.15, -0.1) is 0 Å². The molecule has 0 spiro atoms. The first-order valence-electron chi connectivity index (χ1n) is 6.16. The first-order valence-corrected chi connectivity index (χ1v) is 7.57. The van der Waals surface area contributed by atoms with Crippen molar-refractivity contribution in [2.24, 2.45) is 11.8 Å². The molecule has 0 aromatic heterocycles. The third-order valence-electron chi connectivity index (χ3n) is 3.71. The Balaban J connectivity index is 2.90. The Morgan fingerprint density at radius 1 is 1.16 bits per heavy atom. The van der Waals surface area contributed by atoms with Crippen LogP contribution in [0.15, 0.2) is 0 Å². The summed E-state index contributed by atoms with van der Waals surface area (Å²) >= 11 is 0. The van der Waals surface area contributed by atoms with Gasteiger partial charge in [-0.25, -0.2) is 0 Å². The molecule has 1 heterocycles. The highest BCUT2D eigenvalue weighted by Gasteiger charge is 2.51. The van der Waals surface area contributed by atoms with E-state index in [1.54, 1.807) is 6.92 Å². The van der Waals surface area contributed by atoms with E-state index in [0.717, 1.165) is 0 Å². The van der Waals surface area contributed by atoms with Gasteiger partial charge in [-0.1, -0.05) is 20.8 Å². The lowest BCUT2D eigenvalue weighted by atomic mass is 9.81. The van der Waals surface area contributed by atoms with E-state index in [4.69, 9.17) is 4.74 Å². The van der Waals surface area contributed by atoms with Crippen LogP contribution < -0.4 is 0 Å². The Morgan fingerprint density at radius 2 is 1.68 bits per heavy atom. The second-order valence-electron chi connectivity index (χ2n) is 4.97. The summed E-state index contributed by atoms with van der Waals surface area (Å²) in [6.07, 6.45) is -1.20. The van der Waals surface area contributed by atoms with Crippen molar-refractivity contribution in [2.45, 2.75) is 57.9 Å². The highest BCUT2D eigenvalue weighted by Crippen LogP contribution is 2.36. The molecule has 0 radical (unpaired) electrons. The standard InChI is InChI=1S/C11H19F3O4S/c1-5-9-6(2)7(3)10(8(4)17-9)18-19(15,16)11(12,13)14/h6-10H,5H2,1-4H3. The van der Waals surface area contributed by atoms with E-state index in [1.807, 2.05) is 13.8 Å². The lowest BCUT2D eigenvalue weighted by Gasteiger charge is -2.42. The summed E-state index contributed by atoms with van der Waals surface area (Å²) in [4.78, 5) is 0. The molecule has 1 saturated heterocycles. The Hall–Kier alpha value is -0.340. The summed E-state index contributed by atoms with van der Waals surface area (Å²) in [5.41, 5.74) is -5.41. The van der Waals surface area contributed by atoms with E-state index in [0.29, 0.717) is 6.42 Å². The van der Waals surface area contributed by atoms with Gasteiger partial charge in [0.25, 0.3) is 0 Å². The average Bonchev–Trinajstić information content (AvgIpc) is 2.27. The zero-order valence-corrected chi connectivity index (χ0v) is 12.1. The second-order valence-corrected chi connectivity index (χ2v) is 6.53.